The van der Waals surface area contributed by atoms with Crippen molar-refractivity contribution in [3.05, 3.63) is 11.4 Å². The van der Waals surface area contributed by atoms with Crippen molar-refractivity contribution in [1.82, 2.24) is 15.1 Å². The Balaban J connectivity index is 1.77. The molecule has 2 fully saturated rings. The fourth-order valence-electron chi connectivity index (χ4n) is 2.67. The number of rotatable bonds is 3. The number of nitrogens with one attached hydrogen (secondary N) is 1. The maximum atomic E-state index is 12.5. The van der Waals surface area contributed by atoms with Crippen LogP contribution < -0.4 is 5.73 Å². The molecular formula is C13H20N4O3. The van der Waals surface area contributed by atoms with E-state index in [-0.39, 0.29) is 30.4 Å². The van der Waals surface area contributed by atoms with E-state index >= 15 is 0 Å². The molecule has 1 saturated heterocycles. The molecular weight excluding hydrogens is 260 g/mol. The number of nitrogens with zero attached hydrogens (tertiary/aromatic N) is 2. The first-order valence-electron chi connectivity index (χ1n) is 6.99. The van der Waals surface area contributed by atoms with Crippen molar-refractivity contribution in [3.8, 4) is 0 Å². The summed E-state index contributed by atoms with van der Waals surface area (Å²) in [5, 5.41) is 16.2. The molecule has 1 aliphatic carbocycles. The van der Waals surface area contributed by atoms with E-state index in [1.807, 2.05) is 6.92 Å². The van der Waals surface area contributed by atoms with Gasteiger partial charge in [0.1, 0.15) is 0 Å². The van der Waals surface area contributed by atoms with Gasteiger partial charge in [-0.25, -0.2) is 0 Å². The van der Waals surface area contributed by atoms with Gasteiger partial charge in [-0.05, 0) is 19.8 Å². The number of anilines is 1. The van der Waals surface area contributed by atoms with E-state index in [0.29, 0.717) is 24.7 Å². The van der Waals surface area contributed by atoms with Crippen molar-refractivity contribution in [1.29, 1.82) is 0 Å². The lowest BCUT2D eigenvalue weighted by Gasteiger charge is -2.35. The Labute approximate surface area is 117 Å². The average Bonchev–Trinajstić information content (AvgIpc) is 3.20. The standard InChI is InChI=1S/C13H20N4O3/c1-7-4-17(5-9(6-18)20-7)13(19)12-10(14)11(15-16-12)8-2-3-8/h7-9,18H,2-6,14H2,1H3,(H,15,16). The van der Waals surface area contributed by atoms with Crippen LogP contribution in [0.4, 0.5) is 5.69 Å². The van der Waals surface area contributed by atoms with Gasteiger partial charge >= 0.3 is 0 Å². The number of aromatic amines is 1. The number of nitrogen functional groups attached to an aromatic ring is 1. The number of carbonyl (C=O) groups is 1. The van der Waals surface area contributed by atoms with Crippen LogP contribution in [0.2, 0.25) is 0 Å². The number of amides is 1. The van der Waals surface area contributed by atoms with Crippen LogP contribution in [0.1, 0.15) is 41.9 Å². The Morgan fingerprint density at radius 1 is 1.55 bits per heavy atom. The lowest BCUT2D eigenvalue weighted by atomic mass is 10.1. The zero-order valence-corrected chi connectivity index (χ0v) is 11.5. The number of aliphatic hydroxyl groups excluding tert-OH is 1. The molecule has 4 N–H and O–H groups in total. The molecule has 20 heavy (non-hydrogen) atoms. The molecule has 0 aromatic carbocycles. The van der Waals surface area contributed by atoms with Crippen molar-refractivity contribution in [2.75, 3.05) is 25.4 Å². The molecule has 3 rings (SSSR count). The van der Waals surface area contributed by atoms with Crippen LogP contribution in [0.3, 0.4) is 0 Å². The first-order valence-corrected chi connectivity index (χ1v) is 6.99. The van der Waals surface area contributed by atoms with Crippen molar-refractivity contribution in [2.24, 2.45) is 0 Å². The monoisotopic (exact) mass is 280 g/mol. The second-order valence-electron chi connectivity index (χ2n) is 5.64. The average molecular weight is 280 g/mol. The van der Waals surface area contributed by atoms with Crippen LogP contribution in [0.5, 0.6) is 0 Å². The molecule has 0 radical (unpaired) electrons. The molecule has 7 nitrogen and oxygen atoms in total. The lowest BCUT2D eigenvalue weighted by molar-refractivity contribution is -0.0859. The number of H-pyrrole nitrogens is 1. The molecule has 2 atom stereocenters. The number of ether oxygens (including phenoxy) is 1. The van der Waals surface area contributed by atoms with Crippen molar-refractivity contribution in [2.45, 2.75) is 37.9 Å². The number of aromatic nitrogens is 2. The van der Waals surface area contributed by atoms with Gasteiger partial charge in [-0.2, -0.15) is 5.10 Å². The van der Waals surface area contributed by atoms with Gasteiger partial charge in [-0.3, -0.25) is 9.89 Å². The molecule has 2 heterocycles. The summed E-state index contributed by atoms with van der Waals surface area (Å²) >= 11 is 0. The van der Waals surface area contributed by atoms with Gasteiger partial charge in [-0.1, -0.05) is 0 Å². The molecule has 0 bridgehead atoms. The maximum Gasteiger partial charge on any atom is 0.276 e. The van der Waals surface area contributed by atoms with Crippen molar-refractivity contribution in [3.63, 3.8) is 0 Å². The third kappa shape index (κ3) is 2.38. The van der Waals surface area contributed by atoms with Gasteiger partial charge in [0.25, 0.3) is 5.91 Å². The smallest absolute Gasteiger partial charge is 0.276 e. The summed E-state index contributed by atoms with van der Waals surface area (Å²) in [7, 11) is 0. The third-order valence-electron chi connectivity index (χ3n) is 3.84. The molecule has 7 heteroatoms. The number of hydrogen-bond acceptors (Lipinski definition) is 5. The molecule has 0 spiro atoms. The molecule has 2 unspecified atom stereocenters. The maximum absolute atomic E-state index is 12.5. The molecule has 1 amide bonds. The highest BCUT2D eigenvalue weighted by Crippen LogP contribution is 2.42. The van der Waals surface area contributed by atoms with E-state index in [2.05, 4.69) is 10.2 Å². The highest BCUT2D eigenvalue weighted by Gasteiger charge is 2.34. The predicted octanol–water partition coefficient (Wildman–Crippen LogP) is 0.0911. The van der Waals surface area contributed by atoms with Crippen LogP contribution in [0.25, 0.3) is 0 Å². The Kier molecular flexibility index (Phi) is 3.39. The van der Waals surface area contributed by atoms with Gasteiger partial charge in [0.05, 0.1) is 30.2 Å². The van der Waals surface area contributed by atoms with E-state index in [4.69, 9.17) is 10.5 Å². The summed E-state index contributed by atoms with van der Waals surface area (Å²) < 4.78 is 5.53. The minimum Gasteiger partial charge on any atom is -0.395 e. The van der Waals surface area contributed by atoms with Crippen molar-refractivity contribution < 1.29 is 14.6 Å². The van der Waals surface area contributed by atoms with E-state index < -0.39 is 0 Å². The van der Waals surface area contributed by atoms with Crippen LogP contribution >= 0.6 is 0 Å². The summed E-state index contributed by atoms with van der Waals surface area (Å²) in [6, 6.07) is 0. The quantitative estimate of drug-likeness (QED) is 0.728. The summed E-state index contributed by atoms with van der Waals surface area (Å²) in [5.74, 6) is 0.233. The number of aliphatic hydroxyl groups is 1. The second-order valence-corrected chi connectivity index (χ2v) is 5.64. The zero-order valence-electron chi connectivity index (χ0n) is 11.5. The second kappa shape index (κ2) is 5.06. The van der Waals surface area contributed by atoms with Crippen LogP contribution in [0, 0.1) is 0 Å². The number of nitrogens with two attached hydrogens (primary N) is 1. The number of morpholine rings is 1. The molecule has 2 aliphatic rings. The number of carbonyl (C=O) groups excluding carboxylic acids is 1. The van der Waals surface area contributed by atoms with E-state index in [1.54, 1.807) is 4.90 Å². The van der Waals surface area contributed by atoms with E-state index in [9.17, 15) is 9.90 Å². The largest absolute Gasteiger partial charge is 0.395 e. The number of hydrogen-bond donors (Lipinski definition) is 3. The van der Waals surface area contributed by atoms with E-state index in [0.717, 1.165) is 18.5 Å². The molecule has 1 saturated carbocycles. The summed E-state index contributed by atoms with van der Waals surface area (Å²) in [4.78, 5) is 14.2. The van der Waals surface area contributed by atoms with Gasteiger partial charge in [0.2, 0.25) is 0 Å². The Bertz CT molecular complexity index is 512. The molecule has 1 aliphatic heterocycles. The first kappa shape index (κ1) is 13.4. The SMILES string of the molecule is CC1CN(C(=O)c2n[nH]c(C3CC3)c2N)CC(CO)O1. The lowest BCUT2D eigenvalue weighted by Crippen LogP contribution is -2.50. The fourth-order valence-corrected chi connectivity index (χ4v) is 2.67. The van der Waals surface area contributed by atoms with E-state index in [1.165, 1.54) is 0 Å². The topological polar surface area (TPSA) is 104 Å². The molecule has 110 valence electrons. The Morgan fingerprint density at radius 2 is 2.30 bits per heavy atom. The minimum atomic E-state index is -0.342. The zero-order chi connectivity index (χ0) is 14.3. The van der Waals surface area contributed by atoms with Gasteiger partial charge < -0.3 is 20.5 Å². The fraction of sp³-hybridized carbons (Fsp3) is 0.692. The van der Waals surface area contributed by atoms with Gasteiger partial charge in [0, 0.05) is 19.0 Å². The Hall–Kier alpha value is -1.60. The summed E-state index contributed by atoms with van der Waals surface area (Å²) in [6.45, 7) is 2.63. The van der Waals surface area contributed by atoms with Gasteiger partial charge in [0.15, 0.2) is 5.69 Å². The normalized spacial score (nSPS) is 26.8. The molecule has 1 aromatic heterocycles. The molecule has 1 aromatic rings. The Morgan fingerprint density at radius 3 is 2.95 bits per heavy atom. The van der Waals surface area contributed by atoms with Crippen LogP contribution in [0.15, 0.2) is 0 Å². The highest BCUT2D eigenvalue weighted by molar-refractivity contribution is 5.97. The third-order valence-corrected chi connectivity index (χ3v) is 3.84. The van der Waals surface area contributed by atoms with Crippen molar-refractivity contribution >= 4 is 11.6 Å². The van der Waals surface area contributed by atoms with Gasteiger partial charge in [-0.15, -0.1) is 0 Å². The van der Waals surface area contributed by atoms with Crippen LogP contribution in [-0.2, 0) is 4.74 Å². The highest BCUT2D eigenvalue weighted by atomic mass is 16.5. The minimum absolute atomic E-state index is 0.0997. The summed E-state index contributed by atoms with van der Waals surface area (Å²) in [5.41, 5.74) is 7.67. The summed E-state index contributed by atoms with van der Waals surface area (Å²) in [6.07, 6.45) is 1.75. The first-order chi connectivity index (χ1) is 9.60. The van der Waals surface area contributed by atoms with Crippen LogP contribution in [-0.4, -0.2) is 58.0 Å². The predicted molar refractivity (Wildman–Crippen MR) is 72.3 cm³/mol.